The van der Waals surface area contributed by atoms with Crippen LogP contribution in [0.5, 0.6) is 0 Å². The molecule has 8 heteroatoms. The summed E-state index contributed by atoms with van der Waals surface area (Å²) in [6.07, 6.45) is 4.62. The van der Waals surface area contributed by atoms with Crippen LogP contribution < -0.4 is 5.32 Å². The van der Waals surface area contributed by atoms with Gasteiger partial charge in [-0.2, -0.15) is 5.10 Å². The third kappa shape index (κ3) is 3.74. The van der Waals surface area contributed by atoms with E-state index in [4.69, 9.17) is 4.42 Å². The Morgan fingerprint density at radius 2 is 2.03 bits per heavy atom. The van der Waals surface area contributed by atoms with Gasteiger partial charge in [-0.15, -0.1) is 0 Å². The Kier molecular flexibility index (Phi) is 5.08. The summed E-state index contributed by atoms with van der Waals surface area (Å²) in [6, 6.07) is 5.36. The highest BCUT2D eigenvalue weighted by molar-refractivity contribution is 6.05. The Morgan fingerprint density at radius 1 is 1.28 bits per heavy atom. The predicted octanol–water partition coefficient (Wildman–Crippen LogP) is 2.95. The van der Waals surface area contributed by atoms with Gasteiger partial charge >= 0.3 is 0 Å². The van der Waals surface area contributed by atoms with Gasteiger partial charge in [0.1, 0.15) is 0 Å². The van der Waals surface area contributed by atoms with Crippen LogP contribution in [0.2, 0.25) is 0 Å². The van der Waals surface area contributed by atoms with E-state index in [0.717, 1.165) is 16.7 Å². The molecule has 3 aromatic rings. The Bertz CT molecular complexity index is 1030. The first-order chi connectivity index (χ1) is 13.9. The third-order valence-corrected chi connectivity index (χ3v) is 5.28. The minimum absolute atomic E-state index is 0.0202. The van der Waals surface area contributed by atoms with Crippen molar-refractivity contribution in [3.63, 3.8) is 0 Å². The number of piperidine rings is 1. The fourth-order valence-corrected chi connectivity index (χ4v) is 3.76. The van der Waals surface area contributed by atoms with Gasteiger partial charge in [0.05, 0.1) is 23.4 Å². The lowest BCUT2D eigenvalue weighted by molar-refractivity contribution is 0.0667. The molecular formula is C21H25N5O3. The van der Waals surface area contributed by atoms with Gasteiger partial charge in [0, 0.05) is 30.9 Å². The second-order valence-electron chi connectivity index (χ2n) is 7.75. The number of nitrogens with zero attached hydrogens (tertiary/aromatic N) is 4. The lowest BCUT2D eigenvalue weighted by atomic mass is 10.0. The zero-order valence-corrected chi connectivity index (χ0v) is 16.9. The van der Waals surface area contributed by atoms with Crippen molar-refractivity contribution >= 4 is 22.8 Å². The van der Waals surface area contributed by atoms with E-state index >= 15 is 0 Å². The molecule has 2 amide bonds. The minimum atomic E-state index is -0.125. The molecule has 8 nitrogen and oxygen atoms in total. The molecule has 4 heterocycles. The van der Waals surface area contributed by atoms with Crippen molar-refractivity contribution < 1.29 is 14.0 Å². The van der Waals surface area contributed by atoms with Crippen molar-refractivity contribution in [2.75, 3.05) is 13.1 Å². The molecule has 1 fully saturated rings. The number of nitrogens with one attached hydrogen (secondary N) is 1. The topological polar surface area (TPSA) is 93.3 Å². The number of aryl methyl sites for hydroxylation is 1. The number of fused-ring (bicyclic) bond motifs is 1. The SMILES string of the molecule is Cc1cc(C(=O)NC2CCN(C(=O)c3ccco3)CC2)c2cnn(C(C)C)c2n1. The van der Waals surface area contributed by atoms with Crippen molar-refractivity contribution in [2.24, 2.45) is 0 Å². The highest BCUT2D eigenvalue weighted by atomic mass is 16.3. The largest absolute Gasteiger partial charge is 0.459 e. The fourth-order valence-electron chi connectivity index (χ4n) is 3.76. The molecule has 0 saturated carbocycles. The first kappa shape index (κ1) is 19.2. The van der Waals surface area contributed by atoms with Crippen LogP contribution in [0.15, 0.2) is 35.1 Å². The highest BCUT2D eigenvalue weighted by Gasteiger charge is 2.27. The van der Waals surface area contributed by atoms with Gasteiger partial charge in [0.25, 0.3) is 11.8 Å². The Hall–Kier alpha value is -3.16. The molecule has 29 heavy (non-hydrogen) atoms. The lowest BCUT2D eigenvalue weighted by Gasteiger charge is -2.32. The van der Waals surface area contributed by atoms with Crippen LogP contribution in [0.1, 0.15) is 59.3 Å². The van der Waals surface area contributed by atoms with Gasteiger partial charge in [-0.1, -0.05) is 0 Å². The molecular weight excluding hydrogens is 370 g/mol. The molecule has 1 aliphatic rings. The summed E-state index contributed by atoms with van der Waals surface area (Å²) in [7, 11) is 0. The predicted molar refractivity (Wildman–Crippen MR) is 108 cm³/mol. The fraction of sp³-hybridized carbons (Fsp3) is 0.429. The molecule has 1 N–H and O–H groups in total. The van der Waals surface area contributed by atoms with Crippen molar-refractivity contribution in [2.45, 2.75) is 45.7 Å². The maximum atomic E-state index is 13.0. The average molecular weight is 395 g/mol. The van der Waals surface area contributed by atoms with E-state index in [9.17, 15) is 9.59 Å². The number of carbonyl (C=O) groups excluding carboxylic acids is 2. The number of aromatic nitrogens is 3. The van der Waals surface area contributed by atoms with E-state index in [-0.39, 0.29) is 23.9 Å². The Morgan fingerprint density at radius 3 is 2.69 bits per heavy atom. The number of furan rings is 1. The van der Waals surface area contributed by atoms with Gasteiger partial charge in [-0.3, -0.25) is 9.59 Å². The van der Waals surface area contributed by atoms with Crippen LogP contribution in [0.25, 0.3) is 11.0 Å². The molecule has 0 spiro atoms. The van der Waals surface area contributed by atoms with Crippen LogP contribution in [-0.2, 0) is 0 Å². The summed E-state index contributed by atoms with van der Waals surface area (Å²) in [5.41, 5.74) is 2.10. The van der Waals surface area contributed by atoms with E-state index in [1.165, 1.54) is 6.26 Å². The summed E-state index contributed by atoms with van der Waals surface area (Å²) >= 11 is 0. The molecule has 152 valence electrons. The standard InChI is InChI=1S/C21H25N5O3/c1-13(2)26-19-17(12-22-26)16(11-14(3)23-19)20(27)24-15-6-8-25(9-7-15)21(28)18-5-4-10-29-18/h4-5,10-13,15H,6-9H2,1-3H3,(H,24,27). The summed E-state index contributed by atoms with van der Waals surface area (Å²) < 4.78 is 7.02. The second-order valence-corrected chi connectivity index (χ2v) is 7.75. The van der Waals surface area contributed by atoms with Gasteiger partial charge in [0.15, 0.2) is 11.4 Å². The molecule has 0 radical (unpaired) electrons. The lowest BCUT2D eigenvalue weighted by Crippen LogP contribution is -2.46. The number of hydrogen-bond acceptors (Lipinski definition) is 5. The van der Waals surface area contributed by atoms with Crippen molar-refractivity contribution in [3.8, 4) is 0 Å². The maximum absolute atomic E-state index is 13.0. The third-order valence-electron chi connectivity index (χ3n) is 5.28. The number of pyridine rings is 1. The highest BCUT2D eigenvalue weighted by Crippen LogP contribution is 2.22. The van der Waals surface area contributed by atoms with Gasteiger partial charge in [-0.25, -0.2) is 9.67 Å². The second kappa shape index (κ2) is 7.69. The van der Waals surface area contributed by atoms with Gasteiger partial charge in [-0.05, 0) is 51.8 Å². The van der Waals surface area contributed by atoms with E-state index < -0.39 is 0 Å². The number of amides is 2. The number of hydrogen-bond donors (Lipinski definition) is 1. The first-order valence-electron chi connectivity index (χ1n) is 9.92. The summed E-state index contributed by atoms with van der Waals surface area (Å²) in [5, 5.41) is 8.28. The van der Waals surface area contributed by atoms with Crippen LogP contribution in [0, 0.1) is 6.92 Å². The smallest absolute Gasteiger partial charge is 0.289 e. The Labute approximate surface area is 168 Å². The van der Waals surface area contributed by atoms with Crippen LogP contribution >= 0.6 is 0 Å². The van der Waals surface area contributed by atoms with E-state index in [2.05, 4.69) is 15.4 Å². The zero-order chi connectivity index (χ0) is 20.5. The van der Waals surface area contributed by atoms with Gasteiger partial charge < -0.3 is 14.6 Å². The molecule has 0 bridgehead atoms. The van der Waals surface area contributed by atoms with Crippen LogP contribution in [0.4, 0.5) is 0 Å². The summed E-state index contributed by atoms with van der Waals surface area (Å²) in [6.45, 7) is 7.12. The first-order valence-corrected chi connectivity index (χ1v) is 9.92. The minimum Gasteiger partial charge on any atom is -0.459 e. The summed E-state index contributed by atoms with van der Waals surface area (Å²) in [4.78, 5) is 31.7. The Balaban J connectivity index is 1.45. The molecule has 1 saturated heterocycles. The molecule has 3 aromatic heterocycles. The molecule has 0 atom stereocenters. The van der Waals surface area contributed by atoms with Gasteiger partial charge in [0.2, 0.25) is 0 Å². The monoisotopic (exact) mass is 395 g/mol. The van der Waals surface area contributed by atoms with Crippen LogP contribution in [0.3, 0.4) is 0 Å². The van der Waals surface area contributed by atoms with Crippen molar-refractivity contribution in [1.82, 2.24) is 25.0 Å². The van der Waals surface area contributed by atoms with E-state index in [1.54, 1.807) is 29.3 Å². The van der Waals surface area contributed by atoms with E-state index in [0.29, 0.717) is 37.3 Å². The molecule has 0 aromatic carbocycles. The summed E-state index contributed by atoms with van der Waals surface area (Å²) in [5.74, 6) is 0.122. The maximum Gasteiger partial charge on any atom is 0.289 e. The molecule has 1 aliphatic heterocycles. The van der Waals surface area contributed by atoms with E-state index in [1.807, 2.05) is 25.5 Å². The average Bonchev–Trinajstić information content (AvgIpc) is 3.37. The number of rotatable bonds is 4. The van der Waals surface area contributed by atoms with Crippen molar-refractivity contribution in [1.29, 1.82) is 0 Å². The number of carbonyl (C=O) groups is 2. The molecule has 0 aliphatic carbocycles. The number of likely N-dealkylation sites (tertiary alicyclic amines) is 1. The van der Waals surface area contributed by atoms with Crippen LogP contribution in [-0.4, -0.2) is 50.6 Å². The molecule has 0 unspecified atom stereocenters. The zero-order valence-electron chi connectivity index (χ0n) is 16.9. The molecule has 4 rings (SSSR count). The normalized spacial score (nSPS) is 15.2. The quantitative estimate of drug-likeness (QED) is 0.733. The van der Waals surface area contributed by atoms with Crippen molar-refractivity contribution in [3.05, 3.63) is 47.7 Å².